The molecule has 0 radical (unpaired) electrons. The number of alkyl halides is 6. The number of non-ortho nitro benzene ring substituents is 1. The van der Waals surface area contributed by atoms with Crippen LogP contribution in [0.5, 0.6) is 0 Å². The number of hydrogen-bond acceptors (Lipinski definition) is 4. The maximum atomic E-state index is 12.7. The summed E-state index contributed by atoms with van der Waals surface area (Å²) in [4.78, 5) is 12.1. The molecule has 1 aromatic heterocycles. The molecule has 0 saturated heterocycles. The van der Waals surface area contributed by atoms with Crippen molar-refractivity contribution in [3.05, 3.63) is 46.0 Å². The maximum Gasteiger partial charge on any atom is 0.453 e. The highest BCUT2D eigenvalue weighted by atomic mass is 19.4. The van der Waals surface area contributed by atoms with Gasteiger partial charge in [0.05, 0.1) is 10.6 Å². The van der Waals surface area contributed by atoms with Crippen LogP contribution in [-0.4, -0.2) is 19.7 Å². The minimum absolute atomic E-state index is 0.0629. The molecule has 0 amide bonds. The topological polar surface area (TPSA) is 73.8 Å². The second-order valence-corrected chi connectivity index (χ2v) is 3.94. The number of nitrogens with zero attached hydrogens (tertiary/aromatic N) is 4. The largest absolute Gasteiger partial charge is 0.453 e. The fourth-order valence-electron chi connectivity index (χ4n) is 1.51. The van der Waals surface area contributed by atoms with Crippen molar-refractivity contribution in [2.45, 2.75) is 12.4 Å². The summed E-state index contributed by atoms with van der Waals surface area (Å²) in [7, 11) is 0. The van der Waals surface area contributed by atoms with Crippen LogP contribution in [0.4, 0.5) is 32.0 Å². The molecule has 0 N–H and O–H groups in total. The van der Waals surface area contributed by atoms with E-state index >= 15 is 0 Å². The lowest BCUT2D eigenvalue weighted by atomic mass is 10.3. The Morgan fingerprint density at radius 1 is 1.00 bits per heavy atom. The Labute approximate surface area is 117 Å². The van der Waals surface area contributed by atoms with Gasteiger partial charge in [-0.1, -0.05) is 0 Å². The zero-order chi connectivity index (χ0) is 16.7. The number of hydrogen-bond donors (Lipinski definition) is 0. The first-order valence-electron chi connectivity index (χ1n) is 5.36. The fraction of sp³-hybridized carbons (Fsp3) is 0.200. The number of nitro benzene ring substituents is 1. The number of rotatable bonds is 2. The predicted octanol–water partition coefficient (Wildman–Crippen LogP) is 3.21. The average Bonchev–Trinajstić information content (AvgIpc) is 2.83. The van der Waals surface area contributed by atoms with Gasteiger partial charge < -0.3 is 0 Å². The highest BCUT2D eigenvalue weighted by Crippen LogP contribution is 2.34. The van der Waals surface area contributed by atoms with Gasteiger partial charge in [0.2, 0.25) is 5.82 Å². The molecule has 0 aliphatic rings. The van der Waals surface area contributed by atoms with Crippen LogP contribution in [0.15, 0.2) is 24.3 Å². The molecule has 2 rings (SSSR count). The van der Waals surface area contributed by atoms with Gasteiger partial charge in [-0.25, -0.2) is 4.68 Å². The molecule has 0 unspecified atom stereocenters. The van der Waals surface area contributed by atoms with Crippen LogP contribution in [0.3, 0.4) is 0 Å². The molecule has 0 aliphatic carbocycles. The van der Waals surface area contributed by atoms with E-state index in [0.29, 0.717) is 0 Å². The summed E-state index contributed by atoms with van der Waals surface area (Å²) >= 11 is 0. The van der Waals surface area contributed by atoms with Crippen LogP contribution in [0.1, 0.15) is 11.6 Å². The fourth-order valence-corrected chi connectivity index (χ4v) is 1.51. The van der Waals surface area contributed by atoms with Gasteiger partial charge in [0.25, 0.3) is 11.5 Å². The molecule has 2 aromatic rings. The molecule has 22 heavy (non-hydrogen) atoms. The summed E-state index contributed by atoms with van der Waals surface area (Å²) in [6, 6.07) is 3.35. The van der Waals surface area contributed by atoms with Gasteiger partial charge in [-0.15, -0.1) is 5.10 Å². The smallest absolute Gasteiger partial charge is 0.258 e. The van der Waals surface area contributed by atoms with Crippen LogP contribution in [0.2, 0.25) is 0 Å². The average molecular weight is 326 g/mol. The first kappa shape index (κ1) is 15.7. The van der Waals surface area contributed by atoms with E-state index in [-0.39, 0.29) is 4.68 Å². The predicted molar refractivity (Wildman–Crippen MR) is 58.0 cm³/mol. The number of aromatic nitrogens is 3. The highest BCUT2D eigenvalue weighted by Gasteiger charge is 2.44. The second kappa shape index (κ2) is 4.96. The van der Waals surface area contributed by atoms with E-state index < -0.39 is 40.3 Å². The van der Waals surface area contributed by atoms with Crippen LogP contribution >= 0.6 is 0 Å². The van der Waals surface area contributed by atoms with E-state index in [4.69, 9.17) is 0 Å². The number of halogens is 6. The minimum atomic E-state index is -5.18. The number of nitro groups is 1. The van der Waals surface area contributed by atoms with Crippen molar-refractivity contribution in [1.82, 2.24) is 14.8 Å². The molecule has 0 atom stereocenters. The van der Waals surface area contributed by atoms with Crippen molar-refractivity contribution >= 4 is 5.69 Å². The summed E-state index contributed by atoms with van der Waals surface area (Å²) in [5, 5.41) is 13.2. The van der Waals surface area contributed by atoms with E-state index in [0.717, 1.165) is 24.3 Å². The van der Waals surface area contributed by atoms with Gasteiger partial charge in [-0.05, 0) is 12.1 Å². The molecule has 6 nitrogen and oxygen atoms in total. The van der Waals surface area contributed by atoms with Crippen LogP contribution in [0, 0.1) is 10.1 Å². The lowest BCUT2D eigenvalue weighted by molar-refractivity contribution is -0.384. The molecule has 12 heteroatoms. The first-order valence-corrected chi connectivity index (χ1v) is 5.36. The summed E-state index contributed by atoms with van der Waals surface area (Å²) in [6.07, 6.45) is -10.3. The quantitative estimate of drug-likeness (QED) is 0.482. The molecular weight excluding hydrogens is 322 g/mol. The third-order valence-corrected chi connectivity index (χ3v) is 2.42. The second-order valence-electron chi connectivity index (χ2n) is 3.94. The maximum absolute atomic E-state index is 12.7. The van der Waals surface area contributed by atoms with Crippen molar-refractivity contribution in [2.75, 3.05) is 0 Å². The Hall–Kier alpha value is -2.66. The van der Waals surface area contributed by atoms with Crippen molar-refractivity contribution in [3.8, 4) is 5.69 Å². The van der Waals surface area contributed by atoms with Crippen molar-refractivity contribution in [2.24, 2.45) is 0 Å². The summed E-state index contributed by atoms with van der Waals surface area (Å²) in [5.41, 5.74) is -0.880. The molecule has 0 aliphatic heterocycles. The normalized spacial score (nSPS) is 12.5. The Balaban J connectivity index is 2.58. The molecule has 118 valence electrons. The van der Waals surface area contributed by atoms with E-state index in [1.807, 2.05) is 0 Å². The van der Waals surface area contributed by atoms with Gasteiger partial charge >= 0.3 is 12.4 Å². The molecule has 0 fully saturated rings. The summed E-state index contributed by atoms with van der Waals surface area (Å²) < 4.78 is 75.5. The third-order valence-electron chi connectivity index (χ3n) is 2.42. The van der Waals surface area contributed by atoms with Gasteiger partial charge in [-0.2, -0.15) is 31.3 Å². The van der Waals surface area contributed by atoms with Gasteiger partial charge in [-0.3, -0.25) is 10.1 Å². The van der Waals surface area contributed by atoms with Gasteiger partial charge in [0.1, 0.15) is 0 Å². The van der Waals surface area contributed by atoms with E-state index in [2.05, 4.69) is 10.1 Å². The minimum Gasteiger partial charge on any atom is -0.258 e. The van der Waals surface area contributed by atoms with E-state index in [1.54, 1.807) is 0 Å². The Morgan fingerprint density at radius 2 is 1.55 bits per heavy atom. The third kappa shape index (κ3) is 2.99. The standard InChI is InChI=1S/C10H4F6N4O2/c11-9(12,13)7-17-8(10(14,15)16)19(18-7)5-1-3-6(4-2-5)20(21)22/h1-4H. The van der Waals surface area contributed by atoms with Crippen molar-refractivity contribution in [1.29, 1.82) is 0 Å². The number of benzene rings is 1. The van der Waals surface area contributed by atoms with E-state index in [1.165, 1.54) is 0 Å². The summed E-state index contributed by atoms with van der Waals surface area (Å²) in [6.45, 7) is 0. The Bertz CT molecular complexity index is 704. The van der Waals surface area contributed by atoms with E-state index in [9.17, 15) is 36.5 Å². The molecule has 0 saturated carbocycles. The molecular formula is C10H4F6N4O2. The van der Waals surface area contributed by atoms with Crippen LogP contribution in [0.25, 0.3) is 5.69 Å². The first-order chi connectivity index (χ1) is 10.00. The van der Waals surface area contributed by atoms with Crippen LogP contribution in [-0.2, 0) is 12.4 Å². The van der Waals surface area contributed by atoms with Crippen molar-refractivity contribution in [3.63, 3.8) is 0 Å². The molecule has 0 bridgehead atoms. The molecule has 1 heterocycles. The zero-order valence-electron chi connectivity index (χ0n) is 10.2. The molecule has 1 aromatic carbocycles. The molecule has 0 spiro atoms. The van der Waals surface area contributed by atoms with Gasteiger partial charge in [0.15, 0.2) is 0 Å². The SMILES string of the molecule is O=[N+]([O-])c1ccc(-n2nc(C(F)(F)F)nc2C(F)(F)F)cc1. The monoisotopic (exact) mass is 326 g/mol. The highest BCUT2D eigenvalue weighted by molar-refractivity contribution is 5.41. The zero-order valence-corrected chi connectivity index (χ0v) is 10.2. The summed E-state index contributed by atoms with van der Waals surface area (Å²) in [5.74, 6) is -3.84. The van der Waals surface area contributed by atoms with Crippen LogP contribution < -0.4 is 0 Å². The van der Waals surface area contributed by atoms with Gasteiger partial charge in [0, 0.05) is 12.1 Å². The Morgan fingerprint density at radius 3 is 1.95 bits per heavy atom. The lowest BCUT2D eigenvalue weighted by Crippen LogP contribution is -2.14. The van der Waals surface area contributed by atoms with Crippen molar-refractivity contribution < 1.29 is 31.3 Å². The Kier molecular flexibility index (Phi) is 3.55. The lowest BCUT2D eigenvalue weighted by Gasteiger charge is -2.07.